The van der Waals surface area contributed by atoms with Gasteiger partial charge in [0, 0.05) is 55.1 Å². The van der Waals surface area contributed by atoms with Gasteiger partial charge in [0.2, 0.25) is 11.7 Å². The third-order valence-electron chi connectivity index (χ3n) is 6.31. The first-order valence-electron chi connectivity index (χ1n) is 11.9. The molecule has 9 heteroatoms. The molecule has 4 aromatic rings. The molecule has 1 aliphatic heterocycles. The third-order valence-corrected chi connectivity index (χ3v) is 6.31. The summed E-state index contributed by atoms with van der Waals surface area (Å²) in [6.45, 7) is 6.52. The Hall–Kier alpha value is -4.40. The lowest BCUT2D eigenvalue weighted by Gasteiger charge is -2.36. The van der Waals surface area contributed by atoms with Gasteiger partial charge in [0.1, 0.15) is 0 Å². The number of aromatic nitrogens is 2. The van der Waals surface area contributed by atoms with Crippen LogP contribution in [0.5, 0.6) is 0 Å². The van der Waals surface area contributed by atoms with E-state index >= 15 is 0 Å². The van der Waals surface area contributed by atoms with Crippen LogP contribution in [-0.4, -0.2) is 53.0 Å². The van der Waals surface area contributed by atoms with E-state index in [0.29, 0.717) is 42.5 Å². The fraction of sp³-hybridized carbons (Fsp3) is 0.259. The summed E-state index contributed by atoms with van der Waals surface area (Å²) in [5.41, 5.74) is 3.99. The van der Waals surface area contributed by atoms with Gasteiger partial charge in [-0.3, -0.25) is 9.59 Å². The molecule has 0 unspecified atom stereocenters. The number of piperazine rings is 1. The van der Waals surface area contributed by atoms with Gasteiger partial charge < -0.3 is 24.1 Å². The maximum atomic E-state index is 13.2. The Bertz CT molecular complexity index is 1350. The van der Waals surface area contributed by atoms with Crippen LogP contribution in [0.3, 0.4) is 0 Å². The lowest BCUT2D eigenvalue weighted by atomic mass is 10.1. The van der Waals surface area contributed by atoms with Crippen LogP contribution in [0.15, 0.2) is 69.8 Å². The van der Waals surface area contributed by atoms with Crippen LogP contribution in [0.4, 0.5) is 11.4 Å². The number of nitrogens with one attached hydrogen (secondary N) is 1. The molecule has 5 rings (SSSR count). The summed E-state index contributed by atoms with van der Waals surface area (Å²) in [6.07, 6.45) is 2.16. The van der Waals surface area contributed by atoms with Crippen molar-refractivity contribution in [1.82, 2.24) is 15.0 Å². The summed E-state index contributed by atoms with van der Waals surface area (Å²) in [4.78, 5) is 34.1. The predicted molar refractivity (Wildman–Crippen MR) is 135 cm³/mol. The fourth-order valence-corrected chi connectivity index (χ4v) is 4.17. The van der Waals surface area contributed by atoms with Crippen LogP contribution >= 0.6 is 0 Å². The Labute approximate surface area is 208 Å². The number of anilines is 2. The monoisotopic (exact) mass is 485 g/mol. The second-order valence-corrected chi connectivity index (χ2v) is 8.65. The summed E-state index contributed by atoms with van der Waals surface area (Å²) >= 11 is 0. The maximum Gasteiger partial charge on any atom is 0.291 e. The largest absolute Gasteiger partial charge is 0.459 e. The lowest BCUT2D eigenvalue weighted by molar-refractivity contribution is 0.0746. The molecular weight excluding hydrogens is 458 g/mol. The number of nitrogens with zero attached hydrogens (tertiary/aromatic N) is 4. The van der Waals surface area contributed by atoms with Gasteiger partial charge >= 0.3 is 0 Å². The summed E-state index contributed by atoms with van der Waals surface area (Å²) < 4.78 is 10.4. The second-order valence-electron chi connectivity index (χ2n) is 8.65. The highest BCUT2D eigenvalue weighted by Gasteiger charge is 2.23. The average molecular weight is 486 g/mol. The van der Waals surface area contributed by atoms with Crippen molar-refractivity contribution in [2.75, 3.05) is 36.4 Å². The van der Waals surface area contributed by atoms with Gasteiger partial charge in [-0.2, -0.15) is 4.98 Å². The number of hydrogen-bond acceptors (Lipinski definition) is 7. The topological polar surface area (TPSA) is 105 Å². The van der Waals surface area contributed by atoms with Crippen molar-refractivity contribution in [3.63, 3.8) is 0 Å². The molecule has 36 heavy (non-hydrogen) atoms. The SMILES string of the molecule is CCc1nc(-c2ccc(N3CCN(C(=O)c4ccc(C)c(NC(=O)c5ccco5)c4)CC3)cc2)no1. The number of hydrogen-bond donors (Lipinski definition) is 1. The van der Waals surface area contributed by atoms with Crippen LogP contribution in [0.2, 0.25) is 0 Å². The molecule has 2 amide bonds. The van der Waals surface area contributed by atoms with Crippen molar-refractivity contribution in [3.8, 4) is 11.4 Å². The molecule has 9 nitrogen and oxygen atoms in total. The van der Waals surface area contributed by atoms with E-state index in [1.165, 1.54) is 6.26 Å². The van der Waals surface area contributed by atoms with E-state index in [1.54, 1.807) is 24.3 Å². The number of furan rings is 1. The molecule has 0 spiro atoms. The van der Waals surface area contributed by atoms with E-state index in [9.17, 15) is 9.59 Å². The molecule has 184 valence electrons. The van der Waals surface area contributed by atoms with Crippen molar-refractivity contribution in [2.45, 2.75) is 20.3 Å². The van der Waals surface area contributed by atoms with Gasteiger partial charge in [0.15, 0.2) is 5.76 Å². The number of aryl methyl sites for hydroxylation is 2. The van der Waals surface area contributed by atoms with E-state index < -0.39 is 0 Å². The minimum absolute atomic E-state index is 0.0534. The van der Waals surface area contributed by atoms with Gasteiger partial charge in [0.05, 0.1) is 6.26 Å². The summed E-state index contributed by atoms with van der Waals surface area (Å²) in [5, 5.41) is 6.86. The minimum Gasteiger partial charge on any atom is -0.459 e. The Morgan fingerprint density at radius 3 is 2.47 bits per heavy atom. The molecule has 1 saturated heterocycles. The summed E-state index contributed by atoms with van der Waals surface area (Å²) in [6, 6.07) is 16.7. The van der Waals surface area contributed by atoms with Crippen LogP contribution in [0, 0.1) is 6.92 Å². The van der Waals surface area contributed by atoms with E-state index in [0.717, 1.165) is 29.9 Å². The highest BCUT2D eigenvalue weighted by molar-refractivity contribution is 6.04. The number of benzene rings is 2. The highest BCUT2D eigenvalue weighted by atomic mass is 16.5. The zero-order valence-electron chi connectivity index (χ0n) is 20.2. The molecule has 1 aliphatic rings. The second kappa shape index (κ2) is 10.1. The normalized spacial score (nSPS) is 13.6. The predicted octanol–water partition coefficient (Wildman–Crippen LogP) is 4.42. The van der Waals surface area contributed by atoms with Gasteiger partial charge in [-0.15, -0.1) is 0 Å². The molecule has 1 fully saturated rings. The molecule has 0 saturated carbocycles. The van der Waals surface area contributed by atoms with Crippen molar-refractivity contribution >= 4 is 23.2 Å². The molecule has 2 aromatic heterocycles. The minimum atomic E-state index is -0.350. The van der Waals surface area contributed by atoms with Crippen LogP contribution in [-0.2, 0) is 6.42 Å². The summed E-state index contributed by atoms with van der Waals surface area (Å²) in [7, 11) is 0. The van der Waals surface area contributed by atoms with Gasteiger partial charge in [-0.25, -0.2) is 0 Å². The fourth-order valence-electron chi connectivity index (χ4n) is 4.17. The Kier molecular flexibility index (Phi) is 6.53. The van der Waals surface area contributed by atoms with Crippen LogP contribution in [0.25, 0.3) is 11.4 Å². The zero-order chi connectivity index (χ0) is 25.1. The Balaban J connectivity index is 1.21. The number of rotatable bonds is 6. The lowest BCUT2D eigenvalue weighted by Crippen LogP contribution is -2.48. The first kappa shape index (κ1) is 23.3. The van der Waals surface area contributed by atoms with Crippen molar-refractivity contribution in [1.29, 1.82) is 0 Å². The van der Waals surface area contributed by atoms with Crippen molar-refractivity contribution < 1.29 is 18.5 Å². The molecule has 2 aromatic carbocycles. The molecule has 0 radical (unpaired) electrons. The quantitative estimate of drug-likeness (QED) is 0.431. The molecule has 0 aliphatic carbocycles. The van der Waals surface area contributed by atoms with E-state index in [-0.39, 0.29) is 17.6 Å². The number of carbonyl (C=O) groups is 2. The standard InChI is InChI=1S/C27H27N5O4/c1-3-24-29-25(30-36-24)19-8-10-21(11-9-19)31-12-14-32(15-13-31)27(34)20-7-6-18(2)22(17-20)28-26(33)23-5-4-16-35-23/h4-11,16-17H,3,12-15H2,1-2H3,(H,28,33). The van der Waals surface area contributed by atoms with Gasteiger partial charge in [-0.05, 0) is 61.0 Å². The maximum absolute atomic E-state index is 13.2. The van der Waals surface area contributed by atoms with Crippen molar-refractivity contribution in [3.05, 3.63) is 83.6 Å². The van der Waals surface area contributed by atoms with Crippen LogP contribution in [0.1, 0.15) is 39.3 Å². The molecule has 0 atom stereocenters. The Morgan fingerprint density at radius 2 is 1.81 bits per heavy atom. The molecule has 0 bridgehead atoms. The van der Waals surface area contributed by atoms with Crippen molar-refractivity contribution in [2.24, 2.45) is 0 Å². The zero-order valence-corrected chi connectivity index (χ0v) is 20.2. The van der Waals surface area contributed by atoms with Gasteiger partial charge in [-0.1, -0.05) is 18.1 Å². The average Bonchev–Trinajstić information content (AvgIpc) is 3.63. The van der Waals surface area contributed by atoms with E-state index in [1.807, 2.05) is 49.1 Å². The molecule has 1 N–H and O–H groups in total. The first-order valence-corrected chi connectivity index (χ1v) is 11.9. The number of carbonyl (C=O) groups excluding carboxylic acids is 2. The first-order chi connectivity index (χ1) is 17.5. The summed E-state index contributed by atoms with van der Waals surface area (Å²) in [5.74, 6) is 1.03. The Morgan fingerprint density at radius 1 is 1.03 bits per heavy atom. The third kappa shape index (κ3) is 4.86. The number of amides is 2. The van der Waals surface area contributed by atoms with E-state index in [2.05, 4.69) is 20.4 Å². The molecular formula is C27H27N5O4. The van der Waals surface area contributed by atoms with E-state index in [4.69, 9.17) is 8.94 Å². The van der Waals surface area contributed by atoms with Crippen LogP contribution < -0.4 is 10.2 Å². The highest BCUT2D eigenvalue weighted by Crippen LogP contribution is 2.24. The van der Waals surface area contributed by atoms with Gasteiger partial charge in [0.25, 0.3) is 11.8 Å². The smallest absolute Gasteiger partial charge is 0.291 e. The molecule has 3 heterocycles.